The molecule has 1 aliphatic heterocycles. The van der Waals surface area contributed by atoms with Gasteiger partial charge in [0.2, 0.25) is 0 Å². The maximum Gasteiger partial charge on any atom is 0.317 e. The number of halogens is 1. The van der Waals surface area contributed by atoms with Gasteiger partial charge in [0.25, 0.3) is 0 Å². The van der Waals surface area contributed by atoms with E-state index in [1.54, 1.807) is 0 Å². The highest BCUT2D eigenvalue weighted by molar-refractivity contribution is 6.30. The number of piperazine rings is 1. The third-order valence-corrected chi connectivity index (χ3v) is 5.03. The van der Waals surface area contributed by atoms with Gasteiger partial charge in [-0.2, -0.15) is 0 Å². The number of nitrogens with zero attached hydrogens (tertiary/aromatic N) is 2. The summed E-state index contributed by atoms with van der Waals surface area (Å²) in [6.45, 7) is 5.14. The predicted octanol–water partition coefficient (Wildman–Crippen LogP) is 3.45. The largest absolute Gasteiger partial charge is 0.338 e. The first kappa shape index (κ1) is 18.7. The van der Waals surface area contributed by atoms with E-state index in [2.05, 4.69) is 34.5 Å². The van der Waals surface area contributed by atoms with Crippen LogP contribution in [0, 0.1) is 0 Å². The van der Waals surface area contributed by atoms with Crippen molar-refractivity contribution in [3.05, 3.63) is 70.7 Å². The molecule has 0 aromatic heterocycles. The molecule has 1 N–H and O–H groups in total. The summed E-state index contributed by atoms with van der Waals surface area (Å²) in [5.41, 5.74) is 2.51. The van der Waals surface area contributed by atoms with Gasteiger partial charge in [-0.25, -0.2) is 4.79 Å². The Morgan fingerprint density at radius 3 is 2.38 bits per heavy atom. The van der Waals surface area contributed by atoms with Crippen molar-refractivity contribution >= 4 is 17.6 Å². The van der Waals surface area contributed by atoms with E-state index in [9.17, 15) is 4.79 Å². The number of urea groups is 1. The first-order valence-corrected chi connectivity index (χ1v) is 9.62. The Hall–Kier alpha value is -2.04. The van der Waals surface area contributed by atoms with E-state index < -0.39 is 0 Å². The van der Waals surface area contributed by atoms with Crippen LogP contribution in [-0.4, -0.2) is 55.1 Å². The van der Waals surface area contributed by atoms with Crippen molar-refractivity contribution in [1.82, 2.24) is 15.1 Å². The Labute approximate surface area is 160 Å². The lowest BCUT2D eigenvalue weighted by molar-refractivity contribution is 0.140. The van der Waals surface area contributed by atoms with Crippen molar-refractivity contribution in [2.75, 3.05) is 39.3 Å². The molecule has 138 valence electrons. The molecule has 0 unspecified atom stereocenters. The highest BCUT2D eigenvalue weighted by Gasteiger charge is 2.20. The van der Waals surface area contributed by atoms with Gasteiger partial charge in [-0.05, 0) is 36.1 Å². The molecule has 2 aromatic rings. The number of benzene rings is 2. The van der Waals surface area contributed by atoms with Crippen molar-refractivity contribution in [3.8, 4) is 0 Å². The van der Waals surface area contributed by atoms with E-state index in [1.165, 1.54) is 5.56 Å². The predicted molar refractivity (Wildman–Crippen MR) is 107 cm³/mol. The zero-order valence-corrected chi connectivity index (χ0v) is 15.8. The standard InChI is InChI=1S/C21H26ClN3O/c22-20-8-4-7-19(17-20)9-11-23-21(26)25-15-13-24(14-16-25)12-10-18-5-2-1-3-6-18/h1-8,17H,9-16H2,(H,23,26). The molecule has 0 bridgehead atoms. The fourth-order valence-electron chi connectivity index (χ4n) is 3.22. The Bertz CT molecular complexity index is 699. The molecule has 0 saturated carbocycles. The summed E-state index contributed by atoms with van der Waals surface area (Å²) < 4.78 is 0. The number of rotatable bonds is 6. The maximum atomic E-state index is 12.3. The maximum absolute atomic E-state index is 12.3. The van der Waals surface area contributed by atoms with Gasteiger partial charge in [0.1, 0.15) is 0 Å². The first-order chi connectivity index (χ1) is 12.7. The van der Waals surface area contributed by atoms with Crippen LogP contribution in [0.2, 0.25) is 5.02 Å². The van der Waals surface area contributed by atoms with Crippen LogP contribution in [0.15, 0.2) is 54.6 Å². The third kappa shape index (κ3) is 5.75. The molecule has 0 atom stereocenters. The van der Waals surface area contributed by atoms with Gasteiger partial charge in [0, 0.05) is 44.3 Å². The number of carbonyl (C=O) groups excluding carboxylic acids is 1. The van der Waals surface area contributed by atoms with Crippen LogP contribution < -0.4 is 5.32 Å². The highest BCUT2D eigenvalue weighted by Crippen LogP contribution is 2.11. The topological polar surface area (TPSA) is 35.6 Å². The molecule has 0 radical (unpaired) electrons. The van der Waals surface area contributed by atoms with E-state index >= 15 is 0 Å². The summed E-state index contributed by atoms with van der Waals surface area (Å²) in [4.78, 5) is 16.7. The van der Waals surface area contributed by atoms with Crippen LogP contribution in [0.1, 0.15) is 11.1 Å². The average molecular weight is 372 g/mol. The lowest BCUT2D eigenvalue weighted by Gasteiger charge is -2.34. The van der Waals surface area contributed by atoms with Crippen molar-refractivity contribution in [3.63, 3.8) is 0 Å². The van der Waals surface area contributed by atoms with Crippen molar-refractivity contribution in [2.45, 2.75) is 12.8 Å². The summed E-state index contributed by atoms with van der Waals surface area (Å²) in [5.74, 6) is 0. The lowest BCUT2D eigenvalue weighted by Crippen LogP contribution is -2.52. The molecule has 26 heavy (non-hydrogen) atoms. The third-order valence-electron chi connectivity index (χ3n) is 4.80. The molecule has 1 saturated heterocycles. The van der Waals surface area contributed by atoms with Crippen molar-refractivity contribution in [1.29, 1.82) is 0 Å². The second kappa shape index (κ2) is 9.60. The zero-order valence-electron chi connectivity index (χ0n) is 15.0. The Kier molecular flexibility index (Phi) is 6.92. The van der Waals surface area contributed by atoms with Crippen LogP contribution >= 0.6 is 11.6 Å². The van der Waals surface area contributed by atoms with Crippen LogP contribution in [0.25, 0.3) is 0 Å². The van der Waals surface area contributed by atoms with Crippen LogP contribution in [0.4, 0.5) is 4.79 Å². The molecule has 0 aliphatic carbocycles. The minimum Gasteiger partial charge on any atom is -0.338 e. The number of nitrogens with one attached hydrogen (secondary N) is 1. The number of carbonyl (C=O) groups is 1. The van der Waals surface area contributed by atoms with Crippen LogP contribution in [-0.2, 0) is 12.8 Å². The first-order valence-electron chi connectivity index (χ1n) is 9.24. The SMILES string of the molecule is O=C(NCCc1cccc(Cl)c1)N1CCN(CCc2ccccc2)CC1. The van der Waals surface area contributed by atoms with Crippen LogP contribution in [0.5, 0.6) is 0 Å². The average Bonchev–Trinajstić information content (AvgIpc) is 2.67. The summed E-state index contributed by atoms with van der Waals surface area (Å²) in [5, 5.41) is 3.75. The molecular weight excluding hydrogens is 346 g/mol. The molecule has 3 rings (SSSR count). The molecule has 1 aliphatic rings. The Balaban J connectivity index is 1.34. The minimum atomic E-state index is 0.0368. The normalized spacial score (nSPS) is 15.0. The van der Waals surface area contributed by atoms with E-state index in [1.807, 2.05) is 35.2 Å². The fraction of sp³-hybridized carbons (Fsp3) is 0.381. The summed E-state index contributed by atoms with van der Waals surface area (Å²) in [6.07, 6.45) is 1.86. The van der Waals surface area contributed by atoms with Gasteiger partial charge in [-0.3, -0.25) is 4.90 Å². The molecule has 0 spiro atoms. The molecular formula is C21H26ClN3O. The number of amides is 2. The van der Waals surface area contributed by atoms with E-state index in [0.717, 1.165) is 56.2 Å². The number of hydrogen-bond acceptors (Lipinski definition) is 2. The molecule has 2 amide bonds. The fourth-order valence-corrected chi connectivity index (χ4v) is 3.44. The second-order valence-corrected chi connectivity index (χ2v) is 7.11. The molecule has 5 heteroatoms. The molecule has 1 fully saturated rings. The molecule has 1 heterocycles. The van der Waals surface area contributed by atoms with E-state index in [4.69, 9.17) is 11.6 Å². The number of hydrogen-bond donors (Lipinski definition) is 1. The Morgan fingerprint density at radius 1 is 0.923 bits per heavy atom. The summed E-state index contributed by atoms with van der Waals surface area (Å²) in [7, 11) is 0. The van der Waals surface area contributed by atoms with Gasteiger partial charge in [-0.1, -0.05) is 54.1 Å². The van der Waals surface area contributed by atoms with Gasteiger partial charge in [-0.15, -0.1) is 0 Å². The second-order valence-electron chi connectivity index (χ2n) is 6.68. The van der Waals surface area contributed by atoms with Gasteiger partial charge in [0.05, 0.1) is 0 Å². The van der Waals surface area contributed by atoms with Gasteiger partial charge >= 0.3 is 6.03 Å². The van der Waals surface area contributed by atoms with E-state index in [0.29, 0.717) is 6.54 Å². The monoisotopic (exact) mass is 371 g/mol. The van der Waals surface area contributed by atoms with Crippen molar-refractivity contribution in [2.24, 2.45) is 0 Å². The van der Waals surface area contributed by atoms with Gasteiger partial charge < -0.3 is 10.2 Å². The quantitative estimate of drug-likeness (QED) is 0.844. The van der Waals surface area contributed by atoms with E-state index in [-0.39, 0.29) is 6.03 Å². The Morgan fingerprint density at radius 2 is 1.65 bits per heavy atom. The smallest absolute Gasteiger partial charge is 0.317 e. The highest BCUT2D eigenvalue weighted by atomic mass is 35.5. The van der Waals surface area contributed by atoms with Crippen LogP contribution in [0.3, 0.4) is 0 Å². The van der Waals surface area contributed by atoms with Crippen molar-refractivity contribution < 1.29 is 4.79 Å². The molecule has 4 nitrogen and oxygen atoms in total. The minimum absolute atomic E-state index is 0.0368. The summed E-state index contributed by atoms with van der Waals surface area (Å²) in [6, 6.07) is 18.4. The zero-order chi connectivity index (χ0) is 18.2. The summed E-state index contributed by atoms with van der Waals surface area (Å²) >= 11 is 5.99. The lowest BCUT2D eigenvalue weighted by atomic mass is 10.1. The van der Waals surface area contributed by atoms with Gasteiger partial charge in [0.15, 0.2) is 0 Å². The molecule has 2 aromatic carbocycles.